The maximum atomic E-state index is 14.1. The Morgan fingerprint density at radius 2 is 1.86 bits per heavy atom. The normalized spacial score (nSPS) is 56.5. The van der Waals surface area contributed by atoms with Gasteiger partial charge in [-0.05, 0) is 79.4 Å². The third kappa shape index (κ3) is 1.90. The van der Waals surface area contributed by atoms with Gasteiger partial charge in [-0.2, -0.15) is 0 Å². The van der Waals surface area contributed by atoms with E-state index in [1.165, 1.54) is 44.9 Å². The van der Waals surface area contributed by atoms with Crippen LogP contribution in [0, 0.1) is 34.5 Å². The number of hydrogen-bond acceptors (Lipinski definition) is 1. The van der Waals surface area contributed by atoms with Crippen molar-refractivity contribution in [2.24, 2.45) is 34.5 Å². The van der Waals surface area contributed by atoms with Gasteiger partial charge in [-0.1, -0.05) is 20.3 Å². The van der Waals surface area contributed by atoms with E-state index in [0.29, 0.717) is 30.1 Å². The highest BCUT2D eigenvalue weighted by Gasteiger charge is 2.59. The summed E-state index contributed by atoms with van der Waals surface area (Å²) >= 11 is 0. The van der Waals surface area contributed by atoms with Crippen LogP contribution in [-0.4, -0.2) is 12.0 Å². The number of carbonyl (C=O) groups excluding carboxylic acids is 1. The standard InChI is InChI=1S/C19H29FO/c1-18-8-3-4-14(18)13-6-5-12-10-17(21)16(20)11-19(12,2)15(13)7-9-18/h12-16H,3-11H2,1-2H3/t12?,13-,14-,15-,16+,18-,19-/m0/s1. The summed E-state index contributed by atoms with van der Waals surface area (Å²) in [5, 5.41) is 0. The molecule has 4 aliphatic carbocycles. The first-order valence-corrected chi connectivity index (χ1v) is 9.11. The van der Waals surface area contributed by atoms with E-state index in [4.69, 9.17) is 0 Å². The van der Waals surface area contributed by atoms with Crippen LogP contribution < -0.4 is 0 Å². The molecule has 4 fully saturated rings. The zero-order valence-electron chi connectivity index (χ0n) is 13.5. The number of ketones is 1. The van der Waals surface area contributed by atoms with Crippen LogP contribution in [0.4, 0.5) is 4.39 Å². The molecule has 1 nitrogen and oxygen atoms in total. The molecule has 0 bridgehead atoms. The highest BCUT2D eigenvalue weighted by atomic mass is 19.1. The molecule has 0 aromatic rings. The molecular formula is C19H29FO. The van der Waals surface area contributed by atoms with Gasteiger partial charge in [0, 0.05) is 6.42 Å². The minimum Gasteiger partial charge on any atom is -0.296 e. The first-order chi connectivity index (χ1) is 9.94. The molecule has 0 aliphatic heterocycles. The van der Waals surface area contributed by atoms with E-state index in [-0.39, 0.29) is 11.2 Å². The van der Waals surface area contributed by atoms with Crippen LogP contribution in [0.25, 0.3) is 0 Å². The minimum absolute atomic E-state index is 0.0974. The van der Waals surface area contributed by atoms with Crippen LogP contribution in [0.15, 0.2) is 0 Å². The molecule has 0 aromatic carbocycles. The molecule has 0 heterocycles. The number of carbonyl (C=O) groups is 1. The molecule has 0 aromatic heterocycles. The number of rotatable bonds is 0. The average molecular weight is 292 g/mol. The predicted octanol–water partition coefficient (Wildman–Crippen LogP) is 4.94. The lowest BCUT2D eigenvalue weighted by Crippen LogP contribution is -2.54. The second-order valence-corrected chi connectivity index (χ2v) is 9.08. The number of alkyl halides is 1. The Morgan fingerprint density at radius 1 is 1.05 bits per heavy atom. The van der Waals surface area contributed by atoms with Gasteiger partial charge in [-0.25, -0.2) is 4.39 Å². The Bertz CT molecular complexity index is 460. The summed E-state index contributed by atoms with van der Waals surface area (Å²) in [6.07, 6.45) is 9.15. The number of fused-ring (bicyclic) bond motifs is 5. The van der Waals surface area contributed by atoms with Crippen molar-refractivity contribution in [3.05, 3.63) is 0 Å². The summed E-state index contributed by atoms with van der Waals surface area (Å²) in [4.78, 5) is 11.8. The molecule has 2 heteroatoms. The van der Waals surface area contributed by atoms with Crippen molar-refractivity contribution < 1.29 is 9.18 Å². The fraction of sp³-hybridized carbons (Fsp3) is 0.947. The molecule has 0 N–H and O–H groups in total. The molecule has 4 saturated carbocycles. The van der Waals surface area contributed by atoms with Crippen LogP contribution >= 0.6 is 0 Å². The van der Waals surface area contributed by atoms with Gasteiger partial charge in [0.05, 0.1) is 0 Å². The van der Waals surface area contributed by atoms with Crippen molar-refractivity contribution in [3.8, 4) is 0 Å². The van der Waals surface area contributed by atoms with E-state index in [9.17, 15) is 9.18 Å². The van der Waals surface area contributed by atoms with Crippen molar-refractivity contribution in [2.75, 3.05) is 0 Å². The largest absolute Gasteiger partial charge is 0.296 e. The SMILES string of the molecule is C[C@@]12CCC[C@H]1[C@@H]1CCC3CC(=O)[C@H](F)C[C@]3(C)[C@H]1CC2. The van der Waals surface area contributed by atoms with Gasteiger partial charge in [-0.15, -0.1) is 0 Å². The first-order valence-electron chi connectivity index (χ1n) is 9.11. The van der Waals surface area contributed by atoms with E-state index < -0.39 is 6.17 Å². The van der Waals surface area contributed by atoms with Gasteiger partial charge in [0.25, 0.3) is 0 Å². The topological polar surface area (TPSA) is 17.1 Å². The molecule has 0 spiro atoms. The molecular weight excluding hydrogens is 263 g/mol. The summed E-state index contributed by atoms with van der Waals surface area (Å²) in [7, 11) is 0. The molecule has 118 valence electrons. The Labute approximate surface area is 128 Å². The zero-order chi connectivity index (χ0) is 14.8. The van der Waals surface area contributed by atoms with Crippen molar-refractivity contribution in [3.63, 3.8) is 0 Å². The Morgan fingerprint density at radius 3 is 2.67 bits per heavy atom. The fourth-order valence-corrected chi connectivity index (χ4v) is 7.05. The van der Waals surface area contributed by atoms with Crippen molar-refractivity contribution in [2.45, 2.75) is 77.8 Å². The molecule has 4 rings (SSSR count). The van der Waals surface area contributed by atoms with Gasteiger partial charge in [0.15, 0.2) is 12.0 Å². The maximum Gasteiger partial charge on any atom is 0.167 e. The Hall–Kier alpha value is -0.400. The van der Waals surface area contributed by atoms with E-state index >= 15 is 0 Å². The second kappa shape index (κ2) is 4.55. The minimum atomic E-state index is -1.18. The average Bonchev–Trinajstić information content (AvgIpc) is 2.82. The summed E-state index contributed by atoms with van der Waals surface area (Å²) in [5.41, 5.74) is 0.671. The summed E-state index contributed by atoms with van der Waals surface area (Å²) in [6, 6.07) is 0. The molecule has 4 aliphatic rings. The van der Waals surface area contributed by atoms with Gasteiger partial charge < -0.3 is 0 Å². The maximum absolute atomic E-state index is 14.1. The molecule has 1 unspecified atom stereocenters. The third-order valence-corrected chi connectivity index (χ3v) is 8.26. The van der Waals surface area contributed by atoms with E-state index in [1.807, 2.05) is 0 Å². The smallest absolute Gasteiger partial charge is 0.167 e. The number of hydrogen-bond donors (Lipinski definition) is 0. The first kappa shape index (κ1) is 14.2. The van der Waals surface area contributed by atoms with Gasteiger partial charge >= 0.3 is 0 Å². The quantitative estimate of drug-likeness (QED) is 0.618. The lowest BCUT2D eigenvalue weighted by molar-refractivity contribution is -0.147. The molecule has 0 radical (unpaired) electrons. The monoisotopic (exact) mass is 292 g/mol. The summed E-state index contributed by atoms with van der Waals surface area (Å²) in [6.45, 7) is 4.84. The lowest BCUT2D eigenvalue weighted by Gasteiger charge is -2.60. The predicted molar refractivity (Wildman–Crippen MR) is 81.6 cm³/mol. The summed E-state index contributed by atoms with van der Waals surface area (Å²) < 4.78 is 14.1. The Balaban J connectivity index is 1.65. The van der Waals surface area contributed by atoms with Crippen molar-refractivity contribution in [1.29, 1.82) is 0 Å². The van der Waals surface area contributed by atoms with E-state index in [1.54, 1.807) is 0 Å². The van der Waals surface area contributed by atoms with Crippen molar-refractivity contribution >= 4 is 5.78 Å². The van der Waals surface area contributed by atoms with Crippen LogP contribution in [-0.2, 0) is 4.79 Å². The van der Waals surface area contributed by atoms with E-state index in [2.05, 4.69) is 13.8 Å². The molecule has 0 amide bonds. The number of Topliss-reactive ketones (excluding diaryl/α,β-unsaturated/α-hetero) is 1. The van der Waals surface area contributed by atoms with Crippen LogP contribution in [0.1, 0.15) is 71.6 Å². The number of halogens is 1. The summed E-state index contributed by atoms with van der Waals surface area (Å²) in [5.74, 6) is 2.72. The molecule has 21 heavy (non-hydrogen) atoms. The van der Waals surface area contributed by atoms with Gasteiger partial charge in [0.1, 0.15) is 0 Å². The van der Waals surface area contributed by atoms with Crippen molar-refractivity contribution in [1.82, 2.24) is 0 Å². The highest BCUT2D eigenvalue weighted by Crippen LogP contribution is 2.66. The fourth-order valence-electron chi connectivity index (χ4n) is 7.05. The van der Waals surface area contributed by atoms with Crippen LogP contribution in [0.3, 0.4) is 0 Å². The second-order valence-electron chi connectivity index (χ2n) is 9.08. The van der Waals surface area contributed by atoms with Crippen LogP contribution in [0.2, 0.25) is 0 Å². The van der Waals surface area contributed by atoms with Gasteiger partial charge in [0.2, 0.25) is 0 Å². The zero-order valence-corrected chi connectivity index (χ0v) is 13.5. The highest BCUT2D eigenvalue weighted by molar-refractivity contribution is 5.84. The molecule has 0 saturated heterocycles. The van der Waals surface area contributed by atoms with E-state index in [0.717, 1.165) is 11.8 Å². The van der Waals surface area contributed by atoms with Gasteiger partial charge in [-0.3, -0.25) is 4.79 Å². The Kier molecular flexibility index (Phi) is 3.08. The molecule has 7 atom stereocenters. The third-order valence-electron chi connectivity index (χ3n) is 8.26. The van der Waals surface area contributed by atoms with Crippen LogP contribution in [0.5, 0.6) is 0 Å². The lowest BCUT2D eigenvalue weighted by atomic mass is 9.45.